The molecule has 27 heavy (non-hydrogen) atoms. The van der Waals surface area contributed by atoms with Gasteiger partial charge in [-0.15, -0.1) is 0 Å². The number of para-hydroxylation sites is 2. The number of nitrogens with one attached hydrogen (secondary N) is 2. The summed E-state index contributed by atoms with van der Waals surface area (Å²) in [6, 6.07) is 7.37. The Bertz CT molecular complexity index is 738. The molecular weight excluding hydrogens is 344 g/mol. The van der Waals surface area contributed by atoms with Crippen LogP contribution in [0.2, 0.25) is 0 Å². The van der Waals surface area contributed by atoms with E-state index in [1.807, 2.05) is 25.1 Å². The van der Waals surface area contributed by atoms with Gasteiger partial charge in [-0.3, -0.25) is 24.2 Å². The molecule has 0 atom stereocenters. The van der Waals surface area contributed by atoms with E-state index in [2.05, 4.69) is 15.5 Å². The van der Waals surface area contributed by atoms with Crippen molar-refractivity contribution in [3.8, 4) is 0 Å². The van der Waals surface area contributed by atoms with Crippen LogP contribution in [0.25, 0.3) is 0 Å². The number of nitrogens with zero attached hydrogens (tertiary/aromatic N) is 2. The number of amides is 3. The van der Waals surface area contributed by atoms with E-state index >= 15 is 0 Å². The van der Waals surface area contributed by atoms with Crippen molar-refractivity contribution < 1.29 is 14.4 Å². The fourth-order valence-electron chi connectivity index (χ4n) is 3.83. The standard InChI is InChI=1S/C20H28N4O3/c1-4-21-18(26)14-9-11-23(12-10-14)13-17(25)24-16-8-6-5-7-15(16)22-19(27)20(24,2)3/h5-8,14H,4,9-13H2,1-3H3,(H,21,26)(H,22,27). The van der Waals surface area contributed by atoms with Gasteiger partial charge in [0.05, 0.1) is 17.9 Å². The largest absolute Gasteiger partial charge is 0.356 e. The van der Waals surface area contributed by atoms with Gasteiger partial charge in [0, 0.05) is 12.5 Å². The molecule has 0 bridgehead atoms. The van der Waals surface area contributed by atoms with Crippen molar-refractivity contribution in [2.45, 2.75) is 39.2 Å². The molecule has 2 N–H and O–H groups in total. The summed E-state index contributed by atoms with van der Waals surface area (Å²) >= 11 is 0. The summed E-state index contributed by atoms with van der Waals surface area (Å²) in [5.74, 6) is -0.163. The second-order valence-corrected chi connectivity index (χ2v) is 7.70. The second kappa shape index (κ2) is 7.68. The molecule has 0 aliphatic carbocycles. The summed E-state index contributed by atoms with van der Waals surface area (Å²) in [5, 5.41) is 5.75. The van der Waals surface area contributed by atoms with Crippen LogP contribution in [0.5, 0.6) is 0 Å². The molecule has 2 aliphatic heterocycles. The smallest absolute Gasteiger partial charge is 0.250 e. The average molecular weight is 372 g/mol. The van der Waals surface area contributed by atoms with Gasteiger partial charge in [-0.25, -0.2) is 0 Å². The van der Waals surface area contributed by atoms with Crippen molar-refractivity contribution in [1.29, 1.82) is 0 Å². The minimum absolute atomic E-state index is 0.0224. The number of rotatable bonds is 4. The summed E-state index contributed by atoms with van der Waals surface area (Å²) in [5.41, 5.74) is 0.430. The Kier molecular flexibility index (Phi) is 5.51. The number of benzene rings is 1. The van der Waals surface area contributed by atoms with Gasteiger partial charge in [0.2, 0.25) is 17.7 Å². The van der Waals surface area contributed by atoms with Crippen LogP contribution in [0.4, 0.5) is 11.4 Å². The molecule has 3 amide bonds. The molecule has 0 aromatic heterocycles. The predicted octanol–water partition coefficient (Wildman–Crippen LogP) is 1.60. The fraction of sp³-hybridized carbons (Fsp3) is 0.550. The summed E-state index contributed by atoms with van der Waals surface area (Å²) < 4.78 is 0. The van der Waals surface area contributed by atoms with Crippen LogP contribution in [0.1, 0.15) is 33.6 Å². The highest BCUT2D eigenvalue weighted by Gasteiger charge is 2.43. The van der Waals surface area contributed by atoms with Gasteiger partial charge in [0.15, 0.2) is 0 Å². The van der Waals surface area contributed by atoms with Gasteiger partial charge < -0.3 is 10.6 Å². The highest BCUT2D eigenvalue weighted by atomic mass is 16.2. The fourth-order valence-corrected chi connectivity index (χ4v) is 3.83. The zero-order valence-corrected chi connectivity index (χ0v) is 16.2. The lowest BCUT2D eigenvalue weighted by Crippen LogP contribution is -2.60. The first-order valence-electron chi connectivity index (χ1n) is 9.58. The summed E-state index contributed by atoms with van der Waals surface area (Å²) in [4.78, 5) is 41.3. The Morgan fingerprint density at radius 3 is 2.56 bits per heavy atom. The van der Waals surface area contributed by atoms with Crippen molar-refractivity contribution in [2.24, 2.45) is 5.92 Å². The molecule has 2 heterocycles. The molecule has 0 spiro atoms. The van der Waals surface area contributed by atoms with Crippen LogP contribution in [0.15, 0.2) is 24.3 Å². The molecule has 1 aromatic rings. The quantitative estimate of drug-likeness (QED) is 0.841. The van der Waals surface area contributed by atoms with E-state index in [0.717, 1.165) is 18.5 Å². The van der Waals surface area contributed by atoms with Gasteiger partial charge in [0.1, 0.15) is 5.54 Å². The van der Waals surface area contributed by atoms with E-state index in [4.69, 9.17) is 0 Å². The maximum atomic E-state index is 13.1. The number of hydrogen-bond acceptors (Lipinski definition) is 4. The first-order chi connectivity index (χ1) is 12.8. The van der Waals surface area contributed by atoms with Crippen LogP contribution < -0.4 is 15.5 Å². The molecule has 0 unspecified atom stereocenters. The lowest BCUT2D eigenvalue weighted by Gasteiger charge is -2.43. The average Bonchev–Trinajstić information content (AvgIpc) is 2.63. The summed E-state index contributed by atoms with van der Waals surface area (Å²) in [7, 11) is 0. The van der Waals surface area contributed by atoms with Crippen LogP contribution in [0.3, 0.4) is 0 Å². The minimum Gasteiger partial charge on any atom is -0.356 e. The zero-order valence-electron chi connectivity index (χ0n) is 16.2. The zero-order chi connectivity index (χ0) is 19.6. The first-order valence-corrected chi connectivity index (χ1v) is 9.58. The maximum Gasteiger partial charge on any atom is 0.250 e. The highest BCUT2D eigenvalue weighted by Crippen LogP contribution is 2.36. The normalized spacial score (nSPS) is 20.0. The third-order valence-corrected chi connectivity index (χ3v) is 5.43. The van der Waals surface area contributed by atoms with Crippen molar-refractivity contribution in [1.82, 2.24) is 10.2 Å². The lowest BCUT2D eigenvalue weighted by molar-refractivity contribution is -0.128. The van der Waals surface area contributed by atoms with E-state index < -0.39 is 5.54 Å². The van der Waals surface area contributed by atoms with Crippen LogP contribution in [-0.4, -0.2) is 54.3 Å². The third kappa shape index (κ3) is 3.83. The number of likely N-dealkylation sites (tertiary alicyclic amines) is 1. The van der Waals surface area contributed by atoms with Crippen molar-refractivity contribution in [3.63, 3.8) is 0 Å². The van der Waals surface area contributed by atoms with Gasteiger partial charge in [-0.1, -0.05) is 12.1 Å². The number of piperidine rings is 1. The summed E-state index contributed by atoms with van der Waals surface area (Å²) in [6.07, 6.45) is 1.50. The van der Waals surface area contributed by atoms with E-state index in [-0.39, 0.29) is 30.2 Å². The SMILES string of the molecule is CCNC(=O)C1CCN(CC(=O)N2c3ccccc3NC(=O)C2(C)C)CC1. The van der Waals surface area contributed by atoms with Gasteiger partial charge >= 0.3 is 0 Å². The Balaban J connectivity index is 1.69. The van der Waals surface area contributed by atoms with E-state index in [1.54, 1.807) is 24.8 Å². The van der Waals surface area contributed by atoms with E-state index in [9.17, 15) is 14.4 Å². The first kappa shape index (κ1) is 19.4. The number of anilines is 2. The van der Waals surface area contributed by atoms with Crippen molar-refractivity contribution in [2.75, 3.05) is 36.4 Å². The Morgan fingerprint density at radius 1 is 1.22 bits per heavy atom. The third-order valence-electron chi connectivity index (χ3n) is 5.43. The molecular formula is C20H28N4O3. The maximum absolute atomic E-state index is 13.1. The van der Waals surface area contributed by atoms with Crippen molar-refractivity contribution in [3.05, 3.63) is 24.3 Å². The molecule has 7 nitrogen and oxygen atoms in total. The lowest BCUT2D eigenvalue weighted by atomic mass is 9.94. The van der Waals surface area contributed by atoms with Crippen LogP contribution in [-0.2, 0) is 14.4 Å². The highest BCUT2D eigenvalue weighted by molar-refractivity contribution is 6.14. The Labute approximate surface area is 160 Å². The van der Waals surface area contributed by atoms with Crippen LogP contribution >= 0.6 is 0 Å². The molecule has 2 aliphatic rings. The number of fused-ring (bicyclic) bond motifs is 1. The minimum atomic E-state index is -0.954. The van der Waals surface area contributed by atoms with Gasteiger partial charge in [-0.2, -0.15) is 0 Å². The van der Waals surface area contributed by atoms with E-state index in [1.165, 1.54) is 0 Å². The van der Waals surface area contributed by atoms with Gasteiger partial charge in [0.25, 0.3) is 0 Å². The van der Waals surface area contributed by atoms with Gasteiger partial charge in [-0.05, 0) is 58.8 Å². The topological polar surface area (TPSA) is 81.8 Å². The molecule has 1 aromatic carbocycles. The molecule has 0 radical (unpaired) electrons. The number of carbonyl (C=O) groups is 3. The molecule has 146 valence electrons. The Hall–Kier alpha value is -2.41. The molecule has 3 rings (SSSR count). The molecule has 7 heteroatoms. The van der Waals surface area contributed by atoms with Crippen molar-refractivity contribution >= 4 is 29.1 Å². The summed E-state index contributed by atoms with van der Waals surface area (Å²) in [6.45, 7) is 7.73. The Morgan fingerprint density at radius 2 is 1.89 bits per heavy atom. The monoisotopic (exact) mass is 372 g/mol. The number of carbonyl (C=O) groups excluding carboxylic acids is 3. The number of hydrogen-bond donors (Lipinski definition) is 2. The van der Waals surface area contributed by atoms with Crippen LogP contribution in [0, 0.1) is 5.92 Å². The molecule has 1 fully saturated rings. The predicted molar refractivity (Wildman–Crippen MR) is 104 cm³/mol. The molecule has 0 saturated carbocycles. The second-order valence-electron chi connectivity index (χ2n) is 7.70. The van der Waals surface area contributed by atoms with E-state index in [0.29, 0.717) is 25.3 Å². The molecule has 1 saturated heterocycles.